The predicted molar refractivity (Wildman–Crippen MR) is 45.6 cm³/mol. The molecule has 0 radical (unpaired) electrons. The number of hydrogen-bond donors (Lipinski definition) is 0. The Kier molecular flexibility index (Phi) is 1.43. The van der Waals surface area contributed by atoms with E-state index in [9.17, 15) is 4.79 Å². The number of rotatable bonds is 0. The molecule has 2 nitrogen and oxygen atoms in total. The highest BCUT2D eigenvalue weighted by atomic mass is 16.5. The summed E-state index contributed by atoms with van der Waals surface area (Å²) in [6, 6.07) is 5.64. The molecule has 0 amide bonds. The van der Waals surface area contributed by atoms with Crippen LogP contribution in [0.2, 0.25) is 0 Å². The Hall–Kier alpha value is -1.31. The molecule has 1 aromatic rings. The van der Waals surface area contributed by atoms with Crippen molar-refractivity contribution in [3.05, 3.63) is 29.3 Å². The van der Waals surface area contributed by atoms with Crippen molar-refractivity contribution in [2.24, 2.45) is 0 Å². The standard InChI is InChI=1S/C10H10O2/c1-6-4-3-5-8-9(11)7(2)12-10(6)8/h3-5,7H,1-2H3. The van der Waals surface area contributed by atoms with Gasteiger partial charge in [0.25, 0.3) is 0 Å². The van der Waals surface area contributed by atoms with Crippen molar-refractivity contribution >= 4 is 5.78 Å². The number of carbonyl (C=O) groups excluding carboxylic acids is 1. The minimum Gasteiger partial charge on any atom is -0.482 e. The molecular weight excluding hydrogens is 152 g/mol. The molecule has 0 saturated carbocycles. The first-order valence-corrected chi connectivity index (χ1v) is 4.00. The highest BCUT2D eigenvalue weighted by molar-refractivity contribution is 6.04. The predicted octanol–water partition coefficient (Wildman–Crippen LogP) is 1.96. The summed E-state index contributed by atoms with van der Waals surface area (Å²) in [4.78, 5) is 11.4. The Morgan fingerprint density at radius 2 is 2.17 bits per heavy atom. The number of ketones is 1. The molecule has 0 spiro atoms. The summed E-state index contributed by atoms with van der Waals surface area (Å²) in [5, 5.41) is 0. The molecule has 2 rings (SSSR count). The first kappa shape index (κ1) is 7.35. The summed E-state index contributed by atoms with van der Waals surface area (Å²) in [5.41, 5.74) is 1.76. The Morgan fingerprint density at radius 1 is 1.42 bits per heavy atom. The Morgan fingerprint density at radius 3 is 2.83 bits per heavy atom. The third-order valence-electron chi connectivity index (χ3n) is 2.14. The van der Waals surface area contributed by atoms with Crippen LogP contribution in [0, 0.1) is 6.92 Å². The van der Waals surface area contributed by atoms with Crippen LogP contribution in [0.1, 0.15) is 22.8 Å². The minimum atomic E-state index is -0.305. The molecule has 12 heavy (non-hydrogen) atoms. The van der Waals surface area contributed by atoms with E-state index in [4.69, 9.17) is 4.74 Å². The summed E-state index contributed by atoms with van der Waals surface area (Å²) >= 11 is 0. The molecule has 1 atom stereocenters. The fourth-order valence-electron chi connectivity index (χ4n) is 1.45. The van der Waals surface area contributed by atoms with Crippen molar-refractivity contribution in [1.29, 1.82) is 0 Å². The topological polar surface area (TPSA) is 26.3 Å². The van der Waals surface area contributed by atoms with Gasteiger partial charge in [0.15, 0.2) is 6.10 Å². The van der Waals surface area contributed by atoms with Crippen molar-refractivity contribution in [3.8, 4) is 5.75 Å². The maximum atomic E-state index is 11.4. The number of fused-ring (bicyclic) bond motifs is 1. The van der Waals surface area contributed by atoms with Crippen LogP contribution in [0.4, 0.5) is 0 Å². The second-order valence-corrected chi connectivity index (χ2v) is 3.08. The van der Waals surface area contributed by atoms with Gasteiger partial charge in [-0.15, -0.1) is 0 Å². The van der Waals surface area contributed by atoms with Crippen LogP contribution in [0.25, 0.3) is 0 Å². The van der Waals surface area contributed by atoms with Crippen LogP contribution in [0.15, 0.2) is 18.2 Å². The zero-order valence-electron chi connectivity index (χ0n) is 7.13. The van der Waals surface area contributed by atoms with E-state index in [0.29, 0.717) is 0 Å². The van der Waals surface area contributed by atoms with Gasteiger partial charge in [-0.1, -0.05) is 12.1 Å². The van der Waals surface area contributed by atoms with Gasteiger partial charge >= 0.3 is 0 Å². The molecule has 2 heteroatoms. The monoisotopic (exact) mass is 162 g/mol. The average molecular weight is 162 g/mol. The zero-order chi connectivity index (χ0) is 8.72. The minimum absolute atomic E-state index is 0.0914. The molecule has 0 fully saturated rings. The first-order valence-electron chi connectivity index (χ1n) is 4.00. The van der Waals surface area contributed by atoms with E-state index in [1.807, 2.05) is 25.1 Å². The summed E-state index contributed by atoms with van der Waals surface area (Å²) < 4.78 is 5.40. The van der Waals surface area contributed by atoms with Gasteiger partial charge in [0, 0.05) is 0 Å². The highest BCUT2D eigenvalue weighted by Gasteiger charge is 2.29. The van der Waals surface area contributed by atoms with E-state index in [-0.39, 0.29) is 11.9 Å². The smallest absolute Gasteiger partial charge is 0.206 e. The molecule has 0 aliphatic carbocycles. The number of hydrogen-bond acceptors (Lipinski definition) is 2. The van der Waals surface area contributed by atoms with Crippen molar-refractivity contribution in [1.82, 2.24) is 0 Å². The van der Waals surface area contributed by atoms with E-state index in [1.165, 1.54) is 0 Å². The van der Waals surface area contributed by atoms with E-state index in [1.54, 1.807) is 6.92 Å². The van der Waals surface area contributed by atoms with E-state index in [0.717, 1.165) is 16.9 Å². The Balaban J connectivity index is 2.61. The summed E-state index contributed by atoms with van der Waals surface area (Å²) in [5.74, 6) is 0.851. The van der Waals surface area contributed by atoms with Gasteiger partial charge < -0.3 is 4.74 Å². The Bertz CT molecular complexity index is 342. The second-order valence-electron chi connectivity index (χ2n) is 3.08. The number of ether oxygens (including phenoxy) is 1. The van der Waals surface area contributed by atoms with Crippen LogP contribution < -0.4 is 4.74 Å². The number of benzene rings is 1. The number of carbonyl (C=O) groups is 1. The Labute approximate surface area is 71.2 Å². The average Bonchev–Trinajstić information content (AvgIpc) is 2.32. The third-order valence-corrected chi connectivity index (χ3v) is 2.14. The van der Waals surface area contributed by atoms with Gasteiger partial charge in [-0.25, -0.2) is 0 Å². The molecule has 0 saturated heterocycles. The van der Waals surface area contributed by atoms with Crippen LogP contribution in [0.5, 0.6) is 5.75 Å². The third kappa shape index (κ3) is 0.843. The summed E-state index contributed by atoms with van der Waals surface area (Å²) in [7, 11) is 0. The molecule has 0 bridgehead atoms. The second kappa shape index (κ2) is 2.34. The first-order chi connectivity index (χ1) is 5.70. The maximum absolute atomic E-state index is 11.4. The lowest BCUT2D eigenvalue weighted by atomic mass is 10.1. The largest absolute Gasteiger partial charge is 0.482 e. The fourth-order valence-corrected chi connectivity index (χ4v) is 1.45. The summed E-state index contributed by atoms with van der Waals surface area (Å²) in [6.07, 6.45) is -0.305. The lowest BCUT2D eigenvalue weighted by Gasteiger charge is -2.02. The van der Waals surface area contributed by atoms with Crippen molar-refractivity contribution in [2.45, 2.75) is 20.0 Å². The van der Waals surface area contributed by atoms with Gasteiger partial charge in [0.05, 0.1) is 5.56 Å². The fraction of sp³-hybridized carbons (Fsp3) is 0.300. The van der Waals surface area contributed by atoms with Crippen molar-refractivity contribution in [2.75, 3.05) is 0 Å². The van der Waals surface area contributed by atoms with Crippen molar-refractivity contribution < 1.29 is 9.53 Å². The molecular formula is C10H10O2. The van der Waals surface area contributed by atoms with Crippen molar-refractivity contribution in [3.63, 3.8) is 0 Å². The highest BCUT2D eigenvalue weighted by Crippen LogP contribution is 2.31. The van der Waals surface area contributed by atoms with Crippen LogP contribution in [0.3, 0.4) is 0 Å². The molecule has 1 unspecified atom stereocenters. The molecule has 1 aliphatic heterocycles. The van der Waals surface area contributed by atoms with Gasteiger partial charge in [0.2, 0.25) is 5.78 Å². The maximum Gasteiger partial charge on any atom is 0.206 e. The van der Waals surface area contributed by atoms with E-state index >= 15 is 0 Å². The van der Waals surface area contributed by atoms with Crippen LogP contribution in [-0.2, 0) is 0 Å². The van der Waals surface area contributed by atoms with Gasteiger partial charge in [-0.2, -0.15) is 0 Å². The molecule has 62 valence electrons. The SMILES string of the molecule is Cc1cccc2c1OC(C)C2=O. The molecule has 1 aliphatic rings. The molecule has 1 aromatic carbocycles. The summed E-state index contributed by atoms with van der Waals surface area (Å²) in [6.45, 7) is 3.73. The molecule has 1 heterocycles. The number of aryl methyl sites for hydroxylation is 1. The van der Waals surface area contributed by atoms with E-state index < -0.39 is 0 Å². The van der Waals surface area contributed by atoms with Gasteiger partial charge in [0.1, 0.15) is 5.75 Å². The van der Waals surface area contributed by atoms with Gasteiger partial charge in [-0.3, -0.25) is 4.79 Å². The quantitative estimate of drug-likeness (QED) is 0.583. The lowest BCUT2D eigenvalue weighted by Crippen LogP contribution is -2.14. The number of Topliss-reactive ketones (excluding diaryl/α,β-unsaturated/α-hetero) is 1. The zero-order valence-corrected chi connectivity index (χ0v) is 7.13. The lowest BCUT2D eigenvalue weighted by molar-refractivity contribution is 0.0878. The van der Waals surface area contributed by atoms with Gasteiger partial charge in [-0.05, 0) is 25.5 Å². The normalized spacial score (nSPS) is 20.5. The number of para-hydroxylation sites is 1. The molecule has 0 N–H and O–H groups in total. The van der Waals surface area contributed by atoms with E-state index in [2.05, 4.69) is 0 Å². The van der Waals surface area contributed by atoms with Crippen LogP contribution in [-0.4, -0.2) is 11.9 Å². The van der Waals surface area contributed by atoms with Crippen LogP contribution >= 0.6 is 0 Å². The molecule has 0 aromatic heterocycles.